The molecule has 0 saturated carbocycles. The summed E-state index contributed by atoms with van der Waals surface area (Å²) in [5.41, 5.74) is 6.41. The molecule has 28 heavy (non-hydrogen) atoms. The minimum atomic E-state index is -0.841. The molecule has 0 aliphatic rings. The molecule has 1 rings (SSSR count). The summed E-state index contributed by atoms with van der Waals surface area (Å²) in [6.07, 6.45) is 2.25. The zero-order valence-corrected chi connectivity index (χ0v) is 17.0. The van der Waals surface area contributed by atoms with Crippen molar-refractivity contribution in [2.75, 3.05) is 13.1 Å². The molecule has 0 heterocycles. The Morgan fingerprint density at radius 3 is 2.32 bits per heavy atom. The number of carboxylic acid groups (broad SMARTS) is 1. The lowest BCUT2D eigenvalue weighted by atomic mass is 10.1. The maximum absolute atomic E-state index is 12.8. The van der Waals surface area contributed by atoms with E-state index >= 15 is 0 Å². The second-order valence-electron chi connectivity index (χ2n) is 7.85. The van der Waals surface area contributed by atoms with Gasteiger partial charge in [-0.25, -0.2) is 0 Å². The fourth-order valence-electron chi connectivity index (χ4n) is 2.74. The normalized spacial score (nSPS) is 12.3. The summed E-state index contributed by atoms with van der Waals surface area (Å²) in [7, 11) is 0. The molecule has 1 amide bonds. The highest BCUT2D eigenvalue weighted by Crippen LogP contribution is 2.10. The van der Waals surface area contributed by atoms with Crippen molar-refractivity contribution in [3.05, 3.63) is 35.9 Å². The molecule has 1 atom stereocenters. The van der Waals surface area contributed by atoms with Gasteiger partial charge < -0.3 is 20.5 Å². The highest BCUT2D eigenvalue weighted by Gasteiger charge is 2.25. The molecule has 1 aromatic rings. The third kappa shape index (κ3) is 10.1. The first-order chi connectivity index (χ1) is 13.1. The molecule has 0 fully saturated rings. The van der Waals surface area contributed by atoms with Crippen molar-refractivity contribution >= 4 is 17.8 Å². The van der Waals surface area contributed by atoms with Gasteiger partial charge in [0.05, 0.1) is 6.04 Å². The van der Waals surface area contributed by atoms with Crippen LogP contribution in [0.15, 0.2) is 30.3 Å². The lowest BCUT2D eigenvalue weighted by Crippen LogP contribution is -2.48. The Bertz CT molecular complexity index is 640. The lowest BCUT2D eigenvalue weighted by Gasteiger charge is -2.27. The van der Waals surface area contributed by atoms with E-state index in [9.17, 15) is 14.4 Å². The standard InChI is InChI=1S/C21H32N2O5/c1-21(2,3)28-19(26)15-23(13-9-5-8-12-18(24)25)20(27)17(22)14-16-10-6-4-7-11-16/h4,6-7,10-11,17H,5,8-9,12-15,22H2,1-3H3,(H,24,25). The predicted octanol–water partition coefficient (Wildman–Crippen LogP) is 2.37. The SMILES string of the molecule is CC(C)(C)OC(=O)CN(CCCCCC(=O)O)C(=O)C(N)Cc1ccccc1. The van der Waals surface area contributed by atoms with Gasteiger partial charge in [0.15, 0.2) is 0 Å². The van der Waals surface area contributed by atoms with E-state index < -0.39 is 23.6 Å². The van der Waals surface area contributed by atoms with Gasteiger partial charge in [-0.2, -0.15) is 0 Å². The Kier molecular flexibility index (Phi) is 9.65. The van der Waals surface area contributed by atoms with E-state index in [1.165, 1.54) is 4.90 Å². The Morgan fingerprint density at radius 2 is 1.75 bits per heavy atom. The maximum Gasteiger partial charge on any atom is 0.326 e. The van der Waals surface area contributed by atoms with Crippen LogP contribution in [-0.2, 0) is 25.5 Å². The number of carbonyl (C=O) groups excluding carboxylic acids is 2. The van der Waals surface area contributed by atoms with Crippen molar-refractivity contribution in [3.8, 4) is 0 Å². The average molecular weight is 392 g/mol. The van der Waals surface area contributed by atoms with Crippen LogP contribution in [0.2, 0.25) is 0 Å². The molecule has 1 aromatic carbocycles. The summed E-state index contributed by atoms with van der Waals surface area (Å²) in [6, 6.07) is 8.70. The van der Waals surface area contributed by atoms with Gasteiger partial charge in [0, 0.05) is 13.0 Å². The summed E-state index contributed by atoms with van der Waals surface area (Å²) in [5, 5.41) is 8.71. The van der Waals surface area contributed by atoms with Gasteiger partial charge in [-0.3, -0.25) is 14.4 Å². The van der Waals surface area contributed by atoms with Crippen molar-refractivity contribution in [3.63, 3.8) is 0 Å². The van der Waals surface area contributed by atoms with Gasteiger partial charge in [-0.05, 0) is 45.6 Å². The Morgan fingerprint density at radius 1 is 1.11 bits per heavy atom. The van der Waals surface area contributed by atoms with Crippen LogP contribution in [0.3, 0.4) is 0 Å². The second-order valence-corrected chi connectivity index (χ2v) is 7.85. The Labute approximate surface area is 166 Å². The smallest absolute Gasteiger partial charge is 0.326 e. The van der Waals surface area contributed by atoms with Gasteiger partial charge in [0.2, 0.25) is 5.91 Å². The molecule has 3 N–H and O–H groups in total. The zero-order chi connectivity index (χ0) is 21.2. The number of carbonyl (C=O) groups is 3. The summed E-state index contributed by atoms with van der Waals surface area (Å²) in [6.45, 7) is 5.47. The van der Waals surface area contributed by atoms with Gasteiger partial charge in [0.25, 0.3) is 0 Å². The van der Waals surface area contributed by atoms with Gasteiger partial charge in [-0.15, -0.1) is 0 Å². The minimum Gasteiger partial charge on any atom is -0.481 e. The van der Waals surface area contributed by atoms with Crippen LogP contribution in [0.5, 0.6) is 0 Å². The molecule has 7 heteroatoms. The van der Waals surface area contributed by atoms with Crippen molar-refractivity contribution in [1.82, 2.24) is 4.90 Å². The number of hydrogen-bond acceptors (Lipinski definition) is 5. The molecule has 0 aliphatic heterocycles. The van der Waals surface area contributed by atoms with Gasteiger partial charge in [-0.1, -0.05) is 36.8 Å². The van der Waals surface area contributed by atoms with Gasteiger partial charge >= 0.3 is 11.9 Å². The Balaban J connectivity index is 2.69. The monoisotopic (exact) mass is 392 g/mol. The first-order valence-electron chi connectivity index (χ1n) is 9.60. The highest BCUT2D eigenvalue weighted by molar-refractivity contribution is 5.86. The second kappa shape index (κ2) is 11.4. The molecular weight excluding hydrogens is 360 g/mol. The number of esters is 1. The summed E-state index contributed by atoms with van der Waals surface area (Å²) in [5.74, 6) is -1.64. The summed E-state index contributed by atoms with van der Waals surface area (Å²) < 4.78 is 5.32. The van der Waals surface area contributed by atoms with Crippen molar-refractivity contribution in [2.45, 2.75) is 64.5 Å². The van der Waals surface area contributed by atoms with Crippen LogP contribution >= 0.6 is 0 Å². The summed E-state index contributed by atoms with van der Waals surface area (Å²) >= 11 is 0. The number of nitrogens with two attached hydrogens (primary N) is 1. The number of hydrogen-bond donors (Lipinski definition) is 2. The number of ether oxygens (including phenoxy) is 1. The van der Waals surface area contributed by atoms with Crippen molar-refractivity contribution in [1.29, 1.82) is 0 Å². The van der Waals surface area contributed by atoms with E-state index in [1.807, 2.05) is 30.3 Å². The third-order valence-electron chi connectivity index (χ3n) is 3.99. The van der Waals surface area contributed by atoms with E-state index in [-0.39, 0.29) is 18.9 Å². The topological polar surface area (TPSA) is 110 Å². The molecule has 0 radical (unpaired) electrons. The zero-order valence-electron chi connectivity index (χ0n) is 17.0. The molecule has 0 aliphatic carbocycles. The van der Waals surface area contributed by atoms with Crippen molar-refractivity contribution < 1.29 is 24.2 Å². The first-order valence-corrected chi connectivity index (χ1v) is 9.60. The third-order valence-corrected chi connectivity index (χ3v) is 3.99. The number of amides is 1. The van der Waals surface area contributed by atoms with Crippen LogP contribution in [-0.4, -0.2) is 52.6 Å². The number of carboxylic acids is 1. The van der Waals surface area contributed by atoms with Crippen LogP contribution < -0.4 is 5.73 Å². The number of aliphatic carboxylic acids is 1. The first kappa shape index (κ1) is 23.6. The summed E-state index contributed by atoms with van der Waals surface area (Å²) in [4.78, 5) is 37.0. The fourth-order valence-corrected chi connectivity index (χ4v) is 2.74. The molecule has 0 saturated heterocycles. The van der Waals surface area contributed by atoms with Crippen LogP contribution in [0.4, 0.5) is 0 Å². The highest BCUT2D eigenvalue weighted by atomic mass is 16.6. The molecule has 0 spiro atoms. The largest absolute Gasteiger partial charge is 0.481 e. The average Bonchev–Trinajstić information content (AvgIpc) is 2.58. The molecular formula is C21H32N2O5. The fraction of sp³-hybridized carbons (Fsp3) is 0.571. The molecule has 1 unspecified atom stereocenters. The lowest BCUT2D eigenvalue weighted by molar-refractivity contribution is -0.159. The van der Waals surface area contributed by atoms with Crippen LogP contribution in [0.25, 0.3) is 0 Å². The minimum absolute atomic E-state index is 0.0908. The quantitative estimate of drug-likeness (QED) is 0.442. The van der Waals surface area contributed by atoms with E-state index in [0.717, 1.165) is 5.56 Å². The number of benzene rings is 1. The molecule has 0 aromatic heterocycles. The maximum atomic E-state index is 12.8. The van der Waals surface area contributed by atoms with E-state index in [2.05, 4.69) is 0 Å². The molecule has 7 nitrogen and oxygen atoms in total. The number of unbranched alkanes of at least 4 members (excludes halogenated alkanes) is 2. The van der Waals surface area contributed by atoms with Gasteiger partial charge in [0.1, 0.15) is 12.1 Å². The van der Waals surface area contributed by atoms with Crippen LogP contribution in [0, 0.1) is 0 Å². The molecule has 156 valence electrons. The predicted molar refractivity (Wildman–Crippen MR) is 107 cm³/mol. The van der Waals surface area contributed by atoms with Crippen LogP contribution in [0.1, 0.15) is 52.0 Å². The number of nitrogens with zero attached hydrogens (tertiary/aromatic N) is 1. The van der Waals surface area contributed by atoms with E-state index in [1.54, 1.807) is 20.8 Å². The number of rotatable bonds is 11. The van der Waals surface area contributed by atoms with E-state index in [4.69, 9.17) is 15.6 Å². The Hall–Kier alpha value is -2.41. The van der Waals surface area contributed by atoms with Crippen molar-refractivity contribution in [2.24, 2.45) is 5.73 Å². The van der Waals surface area contributed by atoms with E-state index in [0.29, 0.717) is 32.2 Å². The molecule has 0 bridgehead atoms.